The quantitative estimate of drug-likeness (QED) is 0.424. The Kier molecular flexibility index (Phi) is 5.62. The van der Waals surface area contributed by atoms with Crippen molar-refractivity contribution in [3.8, 4) is 28.5 Å². The Labute approximate surface area is 194 Å². The molecule has 0 saturated carbocycles. The van der Waals surface area contributed by atoms with Crippen LogP contribution in [0.15, 0.2) is 66.7 Å². The van der Waals surface area contributed by atoms with Crippen LogP contribution in [0.2, 0.25) is 0 Å². The molecule has 0 aliphatic rings. The van der Waals surface area contributed by atoms with Gasteiger partial charge in [0.25, 0.3) is 0 Å². The maximum absolute atomic E-state index is 11.5. The maximum Gasteiger partial charge on any atom is 0.248 e. The van der Waals surface area contributed by atoms with E-state index in [9.17, 15) is 9.90 Å². The number of nitrogens with two attached hydrogens (primary N) is 1. The van der Waals surface area contributed by atoms with Crippen molar-refractivity contribution >= 4 is 5.91 Å². The first-order chi connectivity index (χ1) is 15.6. The molecule has 2 aromatic heterocycles. The van der Waals surface area contributed by atoms with Gasteiger partial charge in [-0.3, -0.25) is 9.36 Å². The lowest BCUT2D eigenvalue weighted by Crippen LogP contribution is -2.14. The van der Waals surface area contributed by atoms with Crippen LogP contribution >= 0.6 is 0 Å². The lowest BCUT2D eigenvalue weighted by molar-refractivity contribution is 0.100. The molecule has 0 saturated heterocycles. The average Bonchev–Trinajstić information content (AvgIpc) is 3.39. The molecule has 0 bridgehead atoms. The second-order valence-electron chi connectivity index (χ2n) is 9.64. The fourth-order valence-electron chi connectivity index (χ4n) is 3.85. The Hall–Kier alpha value is -3.80. The smallest absolute Gasteiger partial charge is 0.248 e. The molecule has 0 aliphatic carbocycles. The van der Waals surface area contributed by atoms with Crippen molar-refractivity contribution in [1.82, 2.24) is 14.3 Å². The molecule has 6 nitrogen and oxygen atoms in total. The molecule has 2 aromatic carbocycles. The molecule has 4 aromatic rings. The molecule has 6 heteroatoms. The number of primary amides is 1. The van der Waals surface area contributed by atoms with Gasteiger partial charge in [0, 0.05) is 22.4 Å². The topological polar surface area (TPSA) is 86.1 Å². The maximum atomic E-state index is 11.5. The highest BCUT2D eigenvalue weighted by Gasteiger charge is 2.24. The number of hydrogen-bond donors (Lipinski definition) is 2. The van der Waals surface area contributed by atoms with Crippen LogP contribution in [0.4, 0.5) is 0 Å². The first kappa shape index (κ1) is 22.4. The molecule has 1 amide bonds. The number of carbonyl (C=O) groups excluding carboxylic acids is 1. The summed E-state index contributed by atoms with van der Waals surface area (Å²) in [6, 6.07) is 20.6. The summed E-state index contributed by atoms with van der Waals surface area (Å²) in [5, 5.41) is 14.9. The predicted molar refractivity (Wildman–Crippen MR) is 131 cm³/mol. The van der Waals surface area contributed by atoms with Gasteiger partial charge in [0.2, 0.25) is 5.91 Å². The molecule has 0 radical (unpaired) electrons. The Bertz CT molecular complexity index is 1290. The third kappa shape index (κ3) is 4.29. The lowest BCUT2D eigenvalue weighted by Gasteiger charge is -2.17. The van der Waals surface area contributed by atoms with Gasteiger partial charge in [0.15, 0.2) is 0 Å². The van der Waals surface area contributed by atoms with E-state index in [2.05, 4.69) is 51.3 Å². The molecule has 2 heterocycles. The van der Waals surface area contributed by atoms with Crippen LogP contribution in [0.1, 0.15) is 62.3 Å². The number of benzene rings is 2. The number of aromatic nitrogens is 3. The monoisotopic (exact) mass is 442 g/mol. The van der Waals surface area contributed by atoms with E-state index in [1.807, 2.05) is 35.0 Å². The molecule has 0 spiro atoms. The highest BCUT2D eigenvalue weighted by atomic mass is 16.3. The van der Waals surface area contributed by atoms with Crippen LogP contribution in [0.5, 0.6) is 5.75 Å². The summed E-state index contributed by atoms with van der Waals surface area (Å²) in [6.45, 7) is 10.8. The summed E-state index contributed by atoms with van der Waals surface area (Å²) in [5.74, 6) is 0.921. The highest BCUT2D eigenvalue weighted by molar-refractivity contribution is 5.93. The van der Waals surface area contributed by atoms with Crippen molar-refractivity contribution in [3.63, 3.8) is 0 Å². The van der Waals surface area contributed by atoms with Crippen LogP contribution < -0.4 is 5.73 Å². The van der Waals surface area contributed by atoms with Gasteiger partial charge in [0.1, 0.15) is 11.6 Å². The van der Waals surface area contributed by atoms with Crippen molar-refractivity contribution in [2.24, 2.45) is 5.73 Å². The Morgan fingerprint density at radius 3 is 2.15 bits per heavy atom. The van der Waals surface area contributed by atoms with Crippen LogP contribution in [0, 0.1) is 0 Å². The van der Waals surface area contributed by atoms with Crippen LogP contribution in [-0.2, 0) is 5.41 Å². The fraction of sp³-hybridized carbons (Fsp3) is 0.259. The molecule has 33 heavy (non-hydrogen) atoms. The van der Waals surface area contributed by atoms with Gasteiger partial charge < -0.3 is 10.8 Å². The standard InChI is InChI=1S/C27H30N4O2/c1-17(2)23-16-24(27(3,4)5)29-31(23)25-15-14-22(18-6-8-19(9-7-18)26(28)33)30(25)20-10-12-21(32)13-11-20/h6-17,32H,1-5H3,(H2,28,33). The SMILES string of the molecule is CC(C)c1cc(C(C)(C)C)nn1-c1ccc(-c2ccc(C(N)=O)cc2)n1-c1ccc(O)cc1. The molecule has 0 unspecified atom stereocenters. The summed E-state index contributed by atoms with van der Waals surface area (Å²) >= 11 is 0. The van der Waals surface area contributed by atoms with Crippen molar-refractivity contribution in [2.75, 3.05) is 0 Å². The zero-order valence-electron chi connectivity index (χ0n) is 19.7. The van der Waals surface area contributed by atoms with Crippen molar-refractivity contribution in [3.05, 3.63) is 83.7 Å². The molecule has 0 aliphatic heterocycles. The summed E-state index contributed by atoms with van der Waals surface area (Å²) in [7, 11) is 0. The minimum Gasteiger partial charge on any atom is -0.508 e. The molecule has 4 rings (SSSR count). The second kappa shape index (κ2) is 8.28. The number of rotatable bonds is 5. The predicted octanol–water partition coefficient (Wildman–Crippen LogP) is 5.56. The van der Waals surface area contributed by atoms with Crippen molar-refractivity contribution in [2.45, 2.75) is 46.0 Å². The molecular formula is C27H30N4O2. The Balaban J connectivity index is 1.96. The summed E-state index contributed by atoms with van der Waals surface area (Å²) in [5.41, 5.74) is 10.7. The van der Waals surface area contributed by atoms with Crippen LogP contribution in [-0.4, -0.2) is 25.4 Å². The van der Waals surface area contributed by atoms with Gasteiger partial charge in [0.05, 0.1) is 11.4 Å². The van der Waals surface area contributed by atoms with E-state index in [0.717, 1.165) is 34.2 Å². The first-order valence-electron chi connectivity index (χ1n) is 11.1. The molecule has 0 atom stereocenters. The van der Waals surface area contributed by atoms with E-state index in [-0.39, 0.29) is 17.1 Å². The number of amides is 1. The average molecular weight is 443 g/mol. The first-order valence-corrected chi connectivity index (χ1v) is 11.1. The Morgan fingerprint density at radius 1 is 0.970 bits per heavy atom. The van der Waals surface area contributed by atoms with Gasteiger partial charge >= 0.3 is 0 Å². The number of phenols is 1. The normalized spacial score (nSPS) is 11.8. The number of carbonyl (C=O) groups is 1. The van der Waals surface area contributed by atoms with E-state index in [0.29, 0.717) is 5.56 Å². The van der Waals surface area contributed by atoms with E-state index in [1.165, 1.54) is 0 Å². The van der Waals surface area contributed by atoms with E-state index in [1.54, 1.807) is 24.3 Å². The second-order valence-corrected chi connectivity index (χ2v) is 9.64. The van der Waals surface area contributed by atoms with Crippen LogP contribution in [0.25, 0.3) is 22.8 Å². The minimum absolute atomic E-state index is 0.0850. The van der Waals surface area contributed by atoms with Gasteiger partial charge in [-0.1, -0.05) is 46.8 Å². The largest absolute Gasteiger partial charge is 0.508 e. The summed E-state index contributed by atoms with van der Waals surface area (Å²) in [6.07, 6.45) is 0. The minimum atomic E-state index is -0.455. The van der Waals surface area contributed by atoms with Crippen LogP contribution in [0.3, 0.4) is 0 Å². The van der Waals surface area contributed by atoms with E-state index >= 15 is 0 Å². The fourth-order valence-corrected chi connectivity index (χ4v) is 3.85. The van der Waals surface area contributed by atoms with Crippen molar-refractivity contribution in [1.29, 1.82) is 0 Å². The Morgan fingerprint density at radius 2 is 1.61 bits per heavy atom. The zero-order chi connectivity index (χ0) is 23.9. The number of nitrogens with zero attached hydrogens (tertiary/aromatic N) is 3. The van der Waals surface area contributed by atoms with E-state index < -0.39 is 5.91 Å². The van der Waals surface area contributed by atoms with Crippen molar-refractivity contribution < 1.29 is 9.90 Å². The summed E-state index contributed by atoms with van der Waals surface area (Å²) < 4.78 is 4.13. The molecule has 3 N–H and O–H groups in total. The molecule has 0 fully saturated rings. The number of aromatic hydroxyl groups is 1. The van der Waals surface area contributed by atoms with Gasteiger partial charge in [-0.15, -0.1) is 0 Å². The highest BCUT2D eigenvalue weighted by Crippen LogP contribution is 2.33. The third-order valence-electron chi connectivity index (χ3n) is 5.75. The summed E-state index contributed by atoms with van der Waals surface area (Å²) in [4.78, 5) is 11.5. The lowest BCUT2D eigenvalue weighted by atomic mass is 9.92. The third-order valence-corrected chi connectivity index (χ3v) is 5.75. The zero-order valence-corrected chi connectivity index (χ0v) is 19.7. The van der Waals surface area contributed by atoms with Gasteiger partial charge in [-0.05, 0) is 66.1 Å². The molecular weight excluding hydrogens is 412 g/mol. The number of hydrogen-bond acceptors (Lipinski definition) is 3. The van der Waals surface area contributed by atoms with Gasteiger partial charge in [-0.25, -0.2) is 4.68 Å². The van der Waals surface area contributed by atoms with Gasteiger partial charge in [-0.2, -0.15) is 5.10 Å². The number of phenolic OH excluding ortho intramolecular Hbond substituents is 1. The molecule has 170 valence electrons. The van der Waals surface area contributed by atoms with E-state index in [4.69, 9.17) is 10.8 Å².